The molecule has 0 radical (unpaired) electrons. The molecule has 25 heavy (non-hydrogen) atoms. The molecule has 0 bridgehead atoms. The van der Waals surface area contributed by atoms with Crippen LogP contribution < -0.4 is 0 Å². The largest absolute Gasteiger partial charge is 0.345 e. The fourth-order valence-corrected chi connectivity index (χ4v) is 7.12. The molecule has 0 aromatic carbocycles. The van der Waals surface area contributed by atoms with Gasteiger partial charge < -0.3 is 4.89 Å². The fourth-order valence-electron chi connectivity index (χ4n) is 7.12. The smallest absolute Gasteiger partial charge is 0.301 e. The third kappa shape index (κ3) is 2.22. The number of allylic oxidation sites excluding steroid dienone is 4. The molecule has 7 atom stereocenters. The molecule has 3 fully saturated rings. The second-order valence-electron chi connectivity index (χ2n) is 9.25. The van der Waals surface area contributed by atoms with E-state index in [9.17, 15) is 9.59 Å². The van der Waals surface area contributed by atoms with Gasteiger partial charge in [0, 0.05) is 5.41 Å². The van der Waals surface area contributed by atoms with Crippen LogP contribution in [0.4, 0.5) is 0 Å². The van der Waals surface area contributed by atoms with Gasteiger partial charge in [0.15, 0.2) is 5.78 Å². The van der Waals surface area contributed by atoms with Crippen molar-refractivity contribution >= 4 is 11.8 Å². The number of hydrogen-bond acceptors (Lipinski definition) is 4. The van der Waals surface area contributed by atoms with Crippen molar-refractivity contribution in [3.8, 4) is 0 Å². The predicted octanol–water partition coefficient (Wildman–Crippen LogP) is 4.17. The van der Waals surface area contributed by atoms with Crippen LogP contribution in [0.2, 0.25) is 0 Å². The van der Waals surface area contributed by atoms with Gasteiger partial charge >= 0.3 is 5.97 Å². The molecule has 0 spiro atoms. The summed E-state index contributed by atoms with van der Waals surface area (Å²) >= 11 is 0. The minimum atomic E-state index is -0.457. The molecular weight excluding hydrogens is 316 g/mol. The van der Waals surface area contributed by atoms with Gasteiger partial charge in [-0.3, -0.25) is 4.79 Å². The second-order valence-corrected chi connectivity index (χ2v) is 9.25. The van der Waals surface area contributed by atoms with Gasteiger partial charge in [0.1, 0.15) is 0 Å². The predicted molar refractivity (Wildman–Crippen MR) is 93.4 cm³/mol. The van der Waals surface area contributed by atoms with Crippen LogP contribution in [0.5, 0.6) is 0 Å². The van der Waals surface area contributed by atoms with Crippen LogP contribution >= 0.6 is 0 Å². The minimum Gasteiger partial charge on any atom is -0.301 e. The average molecular weight is 344 g/mol. The molecule has 0 amide bonds. The molecule has 0 aromatic heterocycles. The number of hydrogen-bond donors (Lipinski definition) is 1. The highest BCUT2D eigenvalue weighted by Gasteiger charge is 2.62. The second kappa shape index (κ2) is 5.54. The summed E-state index contributed by atoms with van der Waals surface area (Å²) in [6, 6.07) is 0. The summed E-state index contributed by atoms with van der Waals surface area (Å²) in [5.41, 5.74) is 1.19. The Hall–Kier alpha value is -1.42. The van der Waals surface area contributed by atoms with E-state index in [1.807, 2.05) is 6.08 Å². The Kier molecular flexibility index (Phi) is 3.77. The lowest BCUT2D eigenvalue weighted by atomic mass is 9.48. The number of carbonyl (C=O) groups excluding carboxylic acids is 2. The summed E-state index contributed by atoms with van der Waals surface area (Å²) in [4.78, 5) is 28.2. The quantitative estimate of drug-likeness (QED) is 0.573. The van der Waals surface area contributed by atoms with E-state index < -0.39 is 5.97 Å². The van der Waals surface area contributed by atoms with E-state index in [2.05, 4.69) is 31.7 Å². The molecule has 0 aliphatic heterocycles. The lowest BCUT2D eigenvalue weighted by Gasteiger charge is -2.56. The topological polar surface area (TPSA) is 63.6 Å². The standard InChI is InChI=1S/C21H28O4/c1-12-10-17-15-5-4-13-11-14(22)6-8-20(13,2)16(15)7-9-21(17,3)18(12)19(23)25-24/h6,8,11-12,15-18,24H,4-5,7,9-10H2,1-3H3/t12-,15-,16+,17+,18-,20+,21+/m1/s1. The first-order valence-corrected chi connectivity index (χ1v) is 9.61. The van der Waals surface area contributed by atoms with E-state index in [0.29, 0.717) is 17.8 Å². The first kappa shape index (κ1) is 17.0. The lowest BCUT2D eigenvalue weighted by molar-refractivity contribution is -0.244. The molecule has 4 rings (SSSR count). The van der Waals surface area contributed by atoms with Crippen LogP contribution in [-0.2, 0) is 14.5 Å². The summed E-state index contributed by atoms with van der Waals surface area (Å²) in [7, 11) is 0. The van der Waals surface area contributed by atoms with Crippen molar-refractivity contribution in [2.75, 3.05) is 0 Å². The zero-order valence-electron chi connectivity index (χ0n) is 15.3. The maximum atomic E-state index is 12.2. The molecule has 4 heteroatoms. The van der Waals surface area contributed by atoms with Crippen LogP contribution in [0.3, 0.4) is 0 Å². The molecule has 3 saturated carbocycles. The van der Waals surface area contributed by atoms with E-state index in [-0.39, 0.29) is 28.4 Å². The minimum absolute atomic E-state index is 0.0169. The Labute approximate surface area is 149 Å². The molecule has 4 aliphatic rings. The summed E-state index contributed by atoms with van der Waals surface area (Å²) in [5.74, 6) is 1.27. The average Bonchev–Trinajstić information content (AvgIpc) is 2.85. The van der Waals surface area contributed by atoms with Gasteiger partial charge in [-0.2, -0.15) is 5.26 Å². The Morgan fingerprint density at radius 2 is 2.04 bits per heavy atom. The molecule has 0 unspecified atom stereocenters. The van der Waals surface area contributed by atoms with Crippen molar-refractivity contribution in [2.24, 2.45) is 40.4 Å². The van der Waals surface area contributed by atoms with Crippen molar-refractivity contribution in [1.82, 2.24) is 0 Å². The van der Waals surface area contributed by atoms with Crippen LogP contribution in [0.1, 0.15) is 52.9 Å². The van der Waals surface area contributed by atoms with Gasteiger partial charge in [-0.1, -0.05) is 32.4 Å². The Balaban J connectivity index is 1.68. The summed E-state index contributed by atoms with van der Waals surface area (Å²) in [6.07, 6.45) is 10.9. The first-order valence-electron chi connectivity index (χ1n) is 9.61. The maximum absolute atomic E-state index is 12.2. The van der Waals surface area contributed by atoms with Crippen molar-refractivity contribution in [1.29, 1.82) is 0 Å². The van der Waals surface area contributed by atoms with Gasteiger partial charge in [0.2, 0.25) is 0 Å². The van der Waals surface area contributed by atoms with Gasteiger partial charge in [0.05, 0.1) is 5.92 Å². The van der Waals surface area contributed by atoms with Crippen molar-refractivity contribution in [2.45, 2.75) is 52.9 Å². The van der Waals surface area contributed by atoms with E-state index in [4.69, 9.17) is 5.26 Å². The van der Waals surface area contributed by atoms with Crippen molar-refractivity contribution in [3.63, 3.8) is 0 Å². The molecule has 0 heterocycles. The monoisotopic (exact) mass is 344 g/mol. The molecule has 0 aromatic rings. The van der Waals surface area contributed by atoms with Crippen LogP contribution in [0.25, 0.3) is 0 Å². The molecular formula is C21H28O4. The number of carbonyl (C=O) groups is 2. The van der Waals surface area contributed by atoms with Gasteiger partial charge in [-0.25, -0.2) is 4.79 Å². The van der Waals surface area contributed by atoms with Crippen molar-refractivity contribution < 1.29 is 19.7 Å². The van der Waals surface area contributed by atoms with Gasteiger partial charge in [-0.15, -0.1) is 0 Å². The fraction of sp³-hybridized carbons (Fsp3) is 0.714. The van der Waals surface area contributed by atoms with E-state index in [0.717, 1.165) is 32.1 Å². The third-order valence-corrected chi connectivity index (χ3v) is 8.24. The van der Waals surface area contributed by atoms with Gasteiger partial charge in [-0.05, 0) is 73.3 Å². The molecule has 0 saturated heterocycles. The molecule has 1 N–H and O–H groups in total. The summed E-state index contributed by atoms with van der Waals surface area (Å²) in [6.45, 7) is 6.64. The first-order chi connectivity index (χ1) is 11.8. The molecule has 136 valence electrons. The lowest BCUT2D eigenvalue weighted by Crippen LogP contribution is -2.50. The van der Waals surface area contributed by atoms with Crippen LogP contribution in [-0.4, -0.2) is 17.0 Å². The van der Waals surface area contributed by atoms with E-state index in [1.165, 1.54) is 5.57 Å². The molecule has 4 nitrogen and oxygen atoms in total. The highest BCUT2D eigenvalue weighted by atomic mass is 17.1. The van der Waals surface area contributed by atoms with Gasteiger partial charge in [0.25, 0.3) is 0 Å². The highest BCUT2D eigenvalue weighted by Crippen LogP contribution is 2.67. The van der Waals surface area contributed by atoms with Crippen LogP contribution in [0.15, 0.2) is 23.8 Å². The number of ketones is 1. The van der Waals surface area contributed by atoms with Crippen molar-refractivity contribution in [3.05, 3.63) is 23.8 Å². The maximum Gasteiger partial charge on any atom is 0.345 e. The molecule has 4 aliphatic carbocycles. The van der Waals surface area contributed by atoms with E-state index >= 15 is 0 Å². The third-order valence-electron chi connectivity index (χ3n) is 8.24. The zero-order valence-corrected chi connectivity index (χ0v) is 15.3. The number of rotatable bonds is 1. The SMILES string of the molecule is C[C@@H]1C[C@H]2[C@@H]3CCC4=CC(=O)C=C[C@]4(C)[C@H]3CC[C@]2(C)[C@H]1C(=O)OO. The van der Waals surface area contributed by atoms with E-state index in [1.54, 1.807) is 6.08 Å². The Morgan fingerprint density at radius 1 is 1.28 bits per heavy atom. The zero-order chi connectivity index (χ0) is 18.0. The highest BCUT2D eigenvalue weighted by molar-refractivity contribution is 6.01. The number of fused-ring (bicyclic) bond motifs is 5. The normalized spacial score (nSPS) is 48.2. The Morgan fingerprint density at radius 3 is 2.76 bits per heavy atom. The summed E-state index contributed by atoms with van der Waals surface area (Å²) < 4.78 is 0. The summed E-state index contributed by atoms with van der Waals surface area (Å²) in [5, 5.41) is 8.97. The van der Waals surface area contributed by atoms with Crippen LogP contribution in [0, 0.1) is 40.4 Å². The Bertz CT molecular complexity index is 677.